The number of aliphatic hydroxyl groups is 1. The molecule has 2 N–H and O–H groups in total. The van der Waals surface area contributed by atoms with E-state index in [0.29, 0.717) is 6.54 Å². The van der Waals surface area contributed by atoms with Gasteiger partial charge in [-0.3, -0.25) is 4.79 Å². The Kier molecular flexibility index (Phi) is 4.29. The fraction of sp³-hybridized carbons (Fsp3) is 0.545. The van der Waals surface area contributed by atoms with Crippen molar-refractivity contribution in [2.75, 3.05) is 13.2 Å². The van der Waals surface area contributed by atoms with Crippen molar-refractivity contribution >= 4 is 17.2 Å². The van der Waals surface area contributed by atoms with Gasteiger partial charge in [-0.1, -0.05) is 6.92 Å². The molecule has 0 aliphatic heterocycles. The molecule has 1 heterocycles. The van der Waals surface area contributed by atoms with Crippen LogP contribution in [-0.2, 0) is 0 Å². The number of nitrogens with one attached hydrogen (secondary N) is 1. The smallest absolute Gasteiger partial charge is 0.252 e. The molecule has 3 nitrogen and oxygen atoms in total. The molecule has 0 saturated carbocycles. The van der Waals surface area contributed by atoms with Gasteiger partial charge in [-0.2, -0.15) is 0 Å². The van der Waals surface area contributed by atoms with Gasteiger partial charge in [-0.05, 0) is 25.8 Å². The van der Waals surface area contributed by atoms with Gasteiger partial charge in [0.05, 0.1) is 5.56 Å². The number of amides is 1. The zero-order valence-corrected chi connectivity index (χ0v) is 10.1. The molecule has 1 atom stereocenters. The van der Waals surface area contributed by atoms with Crippen molar-refractivity contribution in [1.82, 2.24) is 5.32 Å². The minimum atomic E-state index is -0.0443. The van der Waals surface area contributed by atoms with Crippen LogP contribution in [0, 0.1) is 19.8 Å². The van der Waals surface area contributed by atoms with Crippen LogP contribution in [0.1, 0.15) is 27.0 Å². The van der Waals surface area contributed by atoms with E-state index < -0.39 is 0 Å². The van der Waals surface area contributed by atoms with Crippen LogP contribution < -0.4 is 5.32 Å². The van der Waals surface area contributed by atoms with Crippen molar-refractivity contribution in [2.24, 2.45) is 5.92 Å². The molecule has 0 spiro atoms. The van der Waals surface area contributed by atoms with Gasteiger partial charge in [-0.25, -0.2) is 0 Å². The van der Waals surface area contributed by atoms with Gasteiger partial charge in [0.2, 0.25) is 0 Å². The second-order valence-electron chi connectivity index (χ2n) is 3.82. The van der Waals surface area contributed by atoms with E-state index >= 15 is 0 Å². The fourth-order valence-corrected chi connectivity index (χ4v) is 2.20. The number of rotatable bonds is 4. The quantitative estimate of drug-likeness (QED) is 0.823. The van der Waals surface area contributed by atoms with Gasteiger partial charge in [0.15, 0.2) is 0 Å². The summed E-state index contributed by atoms with van der Waals surface area (Å²) in [6.07, 6.45) is 0. The Hall–Kier alpha value is -0.870. The molecule has 0 aromatic carbocycles. The van der Waals surface area contributed by atoms with Crippen molar-refractivity contribution in [1.29, 1.82) is 0 Å². The topological polar surface area (TPSA) is 49.3 Å². The van der Waals surface area contributed by atoms with E-state index in [1.54, 1.807) is 11.3 Å². The van der Waals surface area contributed by atoms with Crippen LogP contribution in [0.25, 0.3) is 0 Å². The highest BCUT2D eigenvalue weighted by Gasteiger charge is 2.12. The summed E-state index contributed by atoms with van der Waals surface area (Å²) in [5.41, 5.74) is 0.752. The predicted molar refractivity (Wildman–Crippen MR) is 62.4 cm³/mol. The highest BCUT2D eigenvalue weighted by Crippen LogP contribution is 2.20. The molecule has 1 aromatic heterocycles. The van der Waals surface area contributed by atoms with E-state index in [1.807, 2.05) is 26.8 Å². The van der Waals surface area contributed by atoms with Crippen molar-refractivity contribution in [3.8, 4) is 0 Å². The zero-order valence-electron chi connectivity index (χ0n) is 9.33. The molecule has 1 unspecified atom stereocenters. The zero-order chi connectivity index (χ0) is 11.4. The Bertz CT molecular complexity index is 346. The number of carbonyl (C=O) groups is 1. The van der Waals surface area contributed by atoms with Crippen LogP contribution >= 0.6 is 11.3 Å². The van der Waals surface area contributed by atoms with Crippen LogP contribution in [0.5, 0.6) is 0 Å². The standard InChI is InChI=1S/C11H17NO2S/c1-7(6-13)5-12-11(14)10-4-8(2)15-9(10)3/h4,7,13H,5-6H2,1-3H3,(H,12,14). The van der Waals surface area contributed by atoms with Gasteiger partial charge in [0.25, 0.3) is 5.91 Å². The van der Waals surface area contributed by atoms with E-state index in [2.05, 4.69) is 5.32 Å². The number of thiophene rings is 1. The molecule has 0 saturated heterocycles. The van der Waals surface area contributed by atoms with Crippen LogP contribution in [0.4, 0.5) is 0 Å². The van der Waals surface area contributed by atoms with Gasteiger partial charge < -0.3 is 10.4 Å². The van der Waals surface area contributed by atoms with Crippen molar-refractivity contribution < 1.29 is 9.90 Å². The molecule has 0 fully saturated rings. The van der Waals surface area contributed by atoms with Crippen LogP contribution in [0.15, 0.2) is 6.07 Å². The number of hydrogen-bond acceptors (Lipinski definition) is 3. The van der Waals surface area contributed by atoms with E-state index in [4.69, 9.17) is 5.11 Å². The van der Waals surface area contributed by atoms with E-state index in [1.165, 1.54) is 0 Å². The molecule has 0 radical (unpaired) electrons. The van der Waals surface area contributed by atoms with Gasteiger partial charge in [0.1, 0.15) is 0 Å². The molecule has 1 aromatic rings. The molecule has 0 aliphatic carbocycles. The first-order valence-electron chi connectivity index (χ1n) is 5.00. The summed E-state index contributed by atoms with van der Waals surface area (Å²) in [7, 11) is 0. The Morgan fingerprint density at radius 2 is 2.27 bits per heavy atom. The Morgan fingerprint density at radius 3 is 2.73 bits per heavy atom. The van der Waals surface area contributed by atoms with Crippen molar-refractivity contribution in [3.63, 3.8) is 0 Å². The Morgan fingerprint density at radius 1 is 1.60 bits per heavy atom. The first kappa shape index (κ1) is 12.2. The lowest BCUT2D eigenvalue weighted by Crippen LogP contribution is -2.29. The van der Waals surface area contributed by atoms with Crippen LogP contribution in [0.3, 0.4) is 0 Å². The SMILES string of the molecule is Cc1cc(C(=O)NCC(C)CO)c(C)s1. The Labute approximate surface area is 94.1 Å². The van der Waals surface area contributed by atoms with Crippen molar-refractivity contribution in [2.45, 2.75) is 20.8 Å². The first-order chi connectivity index (χ1) is 7.04. The van der Waals surface area contributed by atoms with E-state index in [-0.39, 0.29) is 18.4 Å². The monoisotopic (exact) mass is 227 g/mol. The normalized spacial score (nSPS) is 12.5. The Balaban J connectivity index is 2.58. The predicted octanol–water partition coefficient (Wildman–Crippen LogP) is 1.72. The average molecular weight is 227 g/mol. The molecule has 1 rings (SSSR count). The second-order valence-corrected chi connectivity index (χ2v) is 5.29. The number of carbonyl (C=O) groups excluding carboxylic acids is 1. The molecule has 0 aliphatic rings. The molecule has 0 bridgehead atoms. The fourth-order valence-electron chi connectivity index (χ4n) is 1.28. The molecule has 84 valence electrons. The first-order valence-corrected chi connectivity index (χ1v) is 5.82. The van der Waals surface area contributed by atoms with E-state index in [0.717, 1.165) is 15.3 Å². The third kappa shape index (κ3) is 3.32. The molecule has 15 heavy (non-hydrogen) atoms. The summed E-state index contributed by atoms with van der Waals surface area (Å²) in [5, 5.41) is 11.6. The third-order valence-corrected chi connectivity index (χ3v) is 3.17. The second kappa shape index (κ2) is 5.28. The molecular formula is C11H17NO2S. The number of aliphatic hydroxyl groups excluding tert-OH is 1. The highest BCUT2D eigenvalue weighted by atomic mass is 32.1. The maximum absolute atomic E-state index is 11.7. The summed E-state index contributed by atoms with van der Waals surface area (Å²) < 4.78 is 0. The largest absolute Gasteiger partial charge is 0.396 e. The lowest BCUT2D eigenvalue weighted by atomic mass is 10.2. The van der Waals surface area contributed by atoms with Crippen LogP contribution in [0.2, 0.25) is 0 Å². The molecular weight excluding hydrogens is 210 g/mol. The summed E-state index contributed by atoms with van der Waals surface area (Å²) in [5.74, 6) is 0.0612. The minimum absolute atomic E-state index is 0.0443. The maximum Gasteiger partial charge on any atom is 0.252 e. The van der Waals surface area contributed by atoms with Gasteiger partial charge in [-0.15, -0.1) is 11.3 Å². The highest BCUT2D eigenvalue weighted by molar-refractivity contribution is 7.12. The summed E-state index contributed by atoms with van der Waals surface area (Å²) >= 11 is 1.63. The molecule has 4 heteroatoms. The average Bonchev–Trinajstić information content (AvgIpc) is 2.53. The van der Waals surface area contributed by atoms with Gasteiger partial charge >= 0.3 is 0 Å². The van der Waals surface area contributed by atoms with Crippen molar-refractivity contribution in [3.05, 3.63) is 21.4 Å². The van der Waals surface area contributed by atoms with Crippen LogP contribution in [-0.4, -0.2) is 24.2 Å². The summed E-state index contributed by atoms with van der Waals surface area (Å²) in [6.45, 7) is 6.45. The number of hydrogen-bond donors (Lipinski definition) is 2. The number of aryl methyl sites for hydroxylation is 2. The lowest BCUT2D eigenvalue weighted by Gasteiger charge is -2.09. The van der Waals surface area contributed by atoms with E-state index in [9.17, 15) is 4.79 Å². The minimum Gasteiger partial charge on any atom is -0.396 e. The summed E-state index contributed by atoms with van der Waals surface area (Å²) in [4.78, 5) is 13.9. The third-order valence-electron chi connectivity index (χ3n) is 2.21. The lowest BCUT2D eigenvalue weighted by molar-refractivity contribution is 0.0942. The maximum atomic E-state index is 11.7. The summed E-state index contributed by atoms with van der Waals surface area (Å²) in [6, 6.07) is 1.90. The van der Waals surface area contributed by atoms with Gasteiger partial charge in [0, 0.05) is 22.9 Å². The molecule has 1 amide bonds.